The van der Waals surface area contributed by atoms with Crippen molar-refractivity contribution in [3.8, 4) is 0 Å². The van der Waals surface area contributed by atoms with Crippen molar-refractivity contribution in [1.82, 2.24) is 10.3 Å². The predicted octanol–water partition coefficient (Wildman–Crippen LogP) is 2.67. The number of pyridine rings is 1. The molecule has 1 atom stereocenters. The van der Waals surface area contributed by atoms with Gasteiger partial charge in [0.15, 0.2) is 0 Å². The lowest BCUT2D eigenvalue weighted by atomic mass is 10.1. The first-order valence-corrected chi connectivity index (χ1v) is 8.07. The average molecular weight is 291 g/mol. The van der Waals surface area contributed by atoms with E-state index < -0.39 is 0 Å². The molecule has 1 aromatic heterocycles. The van der Waals surface area contributed by atoms with Gasteiger partial charge in [0.1, 0.15) is 5.82 Å². The first-order valence-electron chi connectivity index (χ1n) is 8.07. The molecular formula is C17H29N3O. The van der Waals surface area contributed by atoms with E-state index in [9.17, 15) is 0 Å². The Balaban J connectivity index is 2.17. The molecule has 0 saturated carbocycles. The van der Waals surface area contributed by atoms with Crippen LogP contribution >= 0.6 is 0 Å². The summed E-state index contributed by atoms with van der Waals surface area (Å²) in [7, 11) is 1.79. The molecule has 0 bridgehead atoms. The minimum Gasteiger partial charge on any atom is -0.384 e. The second-order valence-electron chi connectivity index (χ2n) is 6.12. The third-order valence-electron chi connectivity index (χ3n) is 4.17. The Kier molecular flexibility index (Phi) is 6.00. The van der Waals surface area contributed by atoms with Crippen LogP contribution in [0.5, 0.6) is 0 Å². The van der Waals surface area contributed by atoms with Gasteiger partial charge in [0.05, 0.1) is 6.61 Å². The number of hydrogen-bond acceptors (Lipinski definition) is 4. The molecule has 0 radical (unpaired) electrons. The molecule has 1 unspecified atom stereocenters. The van der Waals surface area contributed by atoms with Gasteiger partial charge < -0.3 is 15.0 Å². The summed E-state index contributed by atoms with van der Waals surface area (Å²) in [6, 6.07) is 2.19. The van der Waals surface area contributed by atoms with Crippen LogP contribution in [-0.2, 0) is 11.3 Å². The smallest absolute Gasteiger partial charge is 0.133 e. The fourth-order valence-corrected chi connectivity index (χ4v) is 3.11. The summed E-state index contributed by atoms with van der Waals surface area (Å²) in [5, 5.41) is 3.52. The summed E-state index contributed by atoms with van der Waals surface area (Å²) in [5.41, 5.74) is 3.81. The second-order valence-corrected chi connectivity index (χ2v) is 6.12. The molecule has 1 fully saturated rings. The van der Waals surface area contributed by atoms with Crippen LogP contribution in [0.2, 0.25) is 0 Å². The summed E-state index contributed by atoms with van der Waals surface area (Å²) in [6.07, 6.45) is 2.36. The number of aromatic nitrogens is 1. The van der Waals surface area contributed by atoms with E-state index >= 15 is 0 Å². The lowest BCUT2D eigenvalue weighted by molar-refractivity contribution is 0.161. The van der Waals surface area contributed by atoms with Gasteiger partial charge in [0, 0.05) is 43.9 Å². The molecule has 0 spiro atoms. The van der Waals surface area contributed by atoms with E-state index in [-0.39, 0.29) is 0 Å². The maximum Gasteiger partial charge on any atom is 0.133 e. The Hall–Kier alpha value is -1.13. The highest BCUT2D eigenvalue weighted by Crippen LogP contribution is 2.28. The van der Waals surface area contributed by atoms with Crippen LogP contribution in [0.1, 0.15) is 36.6 Å². The van der Waals surface area contributed by atoms with Crippen molar-refractivity contribution < 1.29 is 4.74 Å². The summed E-state index contributed by atoms with van der Waals surface area (Å²) in [6.45, 7) is 11.4. The van der Waals surface area contributed by atoms with E-state index in [0.717, 1.165) is 44.9 Å². The molecule has 0 amide bonds. The fourth-order valence-electron chi connectivity index (χ4n) is 3.11. The van der Waals surface area contributed by atoms with Crippen LogP contribution in [0.3, 0.4) is 0 Å². The van der Waals surface area contributed by atoms with Crippen molar-refractivity contribution in [1.29, 1.82) is 0 Å². The highest BCUT2D eigenvalue weighted by atomic mass is 16.5. The third-order valence-corrected chi connectivity index (χ3v) is 4.17. The number of hydrogen-bond donors (Lipinski definition) is 1. The van der Waals surface area contributed by atoms with E-state index in [1.54, 1.807) is 7.11 Å². The molecule has 118 valence electrons. The quantitative estimate of drug-likeness (QED) is 0.784. The first kappa shape index (κ1) is 16.2. The Labute approximate surface area is 128 Å². The van der Waals surface area contributed by atoms with E-state index in [4.69, 9.17) is 9.72 Å². The number of ether oxygens (including phenoxy) is 1. The lowest BCUT2D eigenvalue weighted by Gasteiger charge is -2.23. The zero-order chi connectivity index (χ0) is 15.2. The number of nitrogens with one attached hydrogen (secondary N) is 1. The molecule has 1 aliphatic rings. The molecule has 4 nitrogen and oxygen atoms in total. The number of methoxy groups -OCH3 is 1. The topological polar surface area (TPSA) is 37.4 Å². The molecule has 1 aliphatic heterocycles. The van der Waals surface area contributed by atoms with E-state index in [0.29, 0.717) is 5.92 Å². The van der Waals surface area contributed by atoms with Gasteiger partial charge in [-0.25, -0.2) is 4.98 Å². The SMILES string of the molecule is CCCNCc1c(C)cc(C)nc1N1CCC(COC)C1. The maximum atomic E-state index is 5.31. The molecule has 0 aromatic carbocycles. The zero-order valence-corrected chi connectivity index (χ0v) is 13.9. The highest BCUT2D eigenvalue weighted by Gasteiger charge is 2.25. The van der Waals surface area contributed by atoms with Gasteiger partial charge in [-0.1, -0.05) is 6.92 Å². The van der Waals surface area contributed by atoms with Crippen LogP contribution in [0.4, 0.5) is 5.82 Å². The van der Waals surface area contributed by atoms with Crippen molar-refractivity contribution in [2.75, 3.05) is 38.3 Å². The first-order chi connectivity index (χ1) is 10.2. The number of aryl methyl sites for hydroxylation is 2. The van der Waals surface area contributed by atoms with Gasteiger partial charge in [0.2, 0.25) is 0 Å². The Bertz CT molecular complexity index is 462. The minimum atomic E-state index is 0.633. The van der Waals surface area contributed by atoms with E-state index in [1.807, 2.05) is 0 Å². The van der Waals surface area contributed by atoms with Crippen LogP contribution in [0.25, 0.3) is 0 Å². The van der Waals surface area contributed by atoms with Gasteiger partial charge in [-0.05, 0) is 44.9 Å². The second kappa shape index (κ2) is 7.76. The number of rotatable bonds is 7. The molecule has 2 rings (SSSR count). The predicted molar refractivity (Wildman–Crippen MR) is 87.9 cm³/mol. The van der Waals surface area contributed by atoms with Gasteiger partial charge in [-0.15, -0.1) is 0 Å². The van der Waals surface area contributed by atoms with Gasteiger partial charge in [-0.2, -0.15) is 0 Å². The third kappa shape index (κ3) is 4.17. The average Bonchev–Trinajstić information content (AvgIpc) is 2.90. The van der Waals surface area contributed by atoms with Crippen LogP contribution in [0.15, 0.2) is 6.07 Å². The lowest BCUT2D eigenvalue weighted by Crippen LogP contribution is -2.26. The van der Waals surface area contributed by atoms with E-state index in [1.165, 1.54) is 23.4 Å². The molecule has 1 saturated heterocycles. The van der Waals surface area contributed by atoms with Gasteiger partial charge in [0.25, 0.3) is 0 Å². The Morgan fingerprint density at radius 2 is 2.24 bits per heavy atom. The van der Waals surface area contributed by atoms with E-state index in [2.05, 4.69) is 37.1 Å². The normalized spacial score (nSPS) is 18.5. The molecular weight excluding hydrogens is 262 g/mol. The largest absolute Gasteiger partial charge is 0.384 e. The summed E-state index contributed by atoms with van der Waals surface area (Å²) < 4.78 is 5.31. The van der Waals surface area contributed by atoms with Gasteiger partial charge >= 0.3 is 0 Å². The maximum absolute atomic E-state index is 5.31. The summed E-state index contributed by atoms with van der Waals surface area (Å²) >= 11 is 0. The van der Waals surface area contributed by atoms with Crippen LogP contribution < -0.4 is 10.2 Å². The minimum absolute atomic E-state index is 0.633. The standard InChI is InChI=1S/C17H29N3O/c1-5-7-18-10-16-13(2)9-14(3)19-17(16)20-8-6-15(11-20)12-21-4/h9,15,18H,5-8,10-12H2,1-4H3. The van der Waals surface area contributed by atoms with Crippen LogP contribution in [0, 0.1) is 19.8 Å². The molecule has 21 heavy (non-hydrogen) atoms. The molecule has 1 aromatic rings. The Morgan fingerprint density at radius 3 is 2.95 bits per heavy atom. The fraction of sp³-hybridized carbons (Fsp3) is 0.706. The monoisotopic (exact) mass is 291 g/mol. The van der Waals surface area contributed by atoms with Crippen molar-refractivity contribution in [3.63, 3.8) is 0 Å². The molecule has 2 heterocycles. The van der Waals surface area contributed by atoms with Crippen molar-refractivity contribution in [2.45, 2.75) is 40.2 Å². The number of anilines is 1. The molecule has 1 N–H and O–H groups in total. The Morgan fingerprint density at radius 1 is 1.43 bits per heavy atom. The van der Waals surface area contributed by atoms with Gasteiger partial charge in [-0.3, -0.25) is 0 Å². The molecule has 0 aliphatic carbocycles. The summed E-state index contributed by atoms with van der Waals surface area (Å²) in [4.78, 5) is 7.27. The van der Waals surface area contributed by atoms with Crippen molar-refractivity contribution in [2.24, 2.45) is 5.92 Å². The summed E-state index contributed by atoms with van der Waals surface area (Å²) in [5.74, 6) is 1.81. The number of nitrogens with zero attached hydrogens (tertiary/aromatic N) is 2. The van der Waals surface area contributed by atoms with Crippen molar-refractivity contribution in [3.05, 3.63) is 22.9 Å². The van der Waals surface area contributed by atoms with Crippen LogP contribution in [-0.4, -0.2) is 38.3 Å². The molecule has 4 heteroatoms. The van der Waals surface area contributed by atoms with Crippen molar-refractivity contribution >= 4 is 5.82 Å². The highest BCUT2D eigenvalue weighted by molar-refractivity contribution is 5.52. The zero-order valence-electron chi connectivity index (χ0n) is 13.9.